The van der Waals surface area contributed by atoms with Gasteiger partial charge < -0.3 is 14.8 Å². The maximum Gasteiger partial charge on any atom is 0.261 e. The van der Waals surface area contributed by atoms with E-state index in [2.05, 4.69) is 15.4 Å². The molecule has 3 N–H and O–H groups in total. The highest BCUT2D eigenvalue weighted by molar-refractivity contribution is 7.92. The summed E-state index contributed by atoms with van der Waals surface area (Å²) < 4.78 is 39.4. The average Bonchev–Trinajstić information content (AvgIpc) is 2.91. The van der Waals surface area contributed by atoms with Gasteiger partial charge in [-0.25, -0.2) is 8.42 Å². The number of anilines is 2. The number of amides is 1. The number of carbonyl (C=O) groups excluding carboxylic acids is 1. The molecule has 8 nitrogen and oxygen atoms in total. The number of rotatable bonds is 10. The first kappa shape index (κ1) is 28.6. The molecule has 0 bridgehead atoms. The van der Waals surface area contributed by atoms with Crippen molar-refractivity contribution in [3.8, 4) is 11.5 Å². The summed E-state index contributed by atoms with van der Waals surface area (Å²) in [6.07, 6.45) is 0. The SMILES string of the molecule is Cc1cc(C)cc(NS(=O)(=O)c2ccc(NC(=S)NC(=O)c3ccc(OCCOc4ccccc4)cc3)cc2)c1. The Morgan fingerprint density at radius 3 is 1.93 bits per heavy atom. The number of carbonyl (C=O) groups is 1. The second-order valence-electron chi connectivity index (χ2n) is 8.95. The molecular formula is C30H29N3O5S2. The zero-order valence-electron chi connectivity index (χ0n) is 22.0. The van der Waals surface area contributed by atoms with Gasteiger partial charge in [0.1, 0.15) is 24.7 Å². The van der Waals surface area contributed by atoms with Gasteiger partial charge in [0.2, 0.25) is 0 Å². The van der Waals surface area contributed by atoms with Crippen LogP contribution in [0.15, 0.2) is 102 Å². The van der Waals surface area contributed by atoms with Gasteiger partial charge in [-0.1, -0.05) is 24.3 Å². The molecule has 0 saturated carbocycles. The van der Waals surface area contributed by atoms with Crippen LogP contribution in [-0.2, 0) is 10.0 Å². The second-order valence-corrected chi connectivity index (χ2v) is 11.0. The molecule has 10 heteroatoms. The predicted molar refractivity (Wildman–Crippen MR) is 161 cm³/mol. The fourth-order valence-electron chi connectivity index (χ4n) is 3.84. The van der Waals surface area contributed by atoms with Crippen LogP contribution in [-0.4, -0.2) is 32.7 Å². The van der Waals surface area contributed by atoms with E-state index in [1.165, 1.54) is 12.1 Å². The Morgan fingerprint density at radius 1 is 0.750 bits per heavy atom. The molecule has 0 fully saturated rings. The highest BCUT2D eigenvalue weighted by atomic mass is 32.2. The van der Waals surface area contributed by atoms with Crippen LogP contribution < -0.4 is 24.8 Å². The molecule has 0 atom stereocenters. The van der Waals surface area contributed by atoms with Crippen molar-refractivity contribution < 1.29 is 22.7 Å². The molecule has 4 aromatic carbocycles. The summed E-state index contributed by atoms with van der Waals surface area (Å²) in [5.74, 6) is 0.984. The molecule has 0 aliphatic carbocycles. The van der Waals surface area contributed by atoms with E-state index in [0.717, 1.165) is 16.9 Å². The zero-order chi connectivity index (χ0) is 28.5. The Balaban J connectivity index is 1.25. The lowest BCUT2D eigenvalue weighted by Crippen LogP contribution is -2.34. The van der Waals surface area contributed by atoms with E-state index in [0.29, 0.717) is 35.9 Å². The molecule has 0 heterocycles. The van der Waals surface area contributed by atoms with E-state index < -0.39 is 15.9 Å². The summed E-state index contributed by atoms with van der Waals surface area (Å²) >= 11 is 5.25. The summed E-state index contributed by atoms with van der Waals surface area (Å²) in [5.41, 5.74) is 3.34. The Hall–Kier alpha value is -4.41. The predicted octanol–water partition coefficient (Wildman–Crippen LogP) is 5.69. The van der Waals surface area contributed by atoms with Crippen molar-refractivity contribution in [1.29, 1.82) is 0 Å². The van der Waals surface area contributed by atoms with Crippen molar-refractivity contribution in [3.63, 3.8) is 0 Å². The molecule has 40 heavy (non-hydrogen) atoms. The van der Waals surface area contributed by atoms with Crippen molar-refractivity contribution in [2.75, 3.05) is 23.3 Å². The minimum absolute atomic E-state index is 0.0763. The normalized spacial score (nSPS) is 10.8. The van der Waals surface area contributed by atoms with Crippen LogP contribution >= 0.6 is 12.2 Å². The molecule has 1 amide bonds. The van der Waals surface area contributed by atoms with E-state index in [4.69, 9.17) is 21.7 Å². The van der Waals surface area contributed by atoms with E-state index in [1.54, 1.807) is 48.5 Å². The highest BCUT2D eigenvalue weighted by Crippen LogP contribution is 2.20. The molecule has 0 aliphatic rings. The molecule has 0 radical (unpaired) electrons. The first-order chi connectivity index (χ1) is 19.2. The largest absolute Gasteiger partial charge is 0.490 e. The summed E-state index contributed by atoms with van der Waals surface area (Å²) in [6, 6.07) is 27.7. The van der Waals surface area contributed by atoms with Crippen LogP contribution in [0.5, 0.6) is 11.5 Å². The lowest BCUT2D eigenvalue weighted by atomic mass is 10.1. The first-order valence-corrected chi connectivity index (χ1v) is 14.3. The van der Waals surface area contributed by atoms with Gasteiger partial charge in [0, 0.05) is 16.9 Å². The monoisotopic (exact) mass is 575 g/mol. The molecule has 0 unspecified atom stereocenters. The molecule has 0 aliphatic heterocycles. The number of nitrogens with one attached hydrogen (secondary N) is 3. The maximum absolute atomic E-state index is 12.8. The van der Waals surface area contributed by atoms with E-state index in [1.807, 2.05) is 50.2 Å². The van der Waals surface area contributed by atoms with Crippen LogP contribution in [0.2, 0.25) is 0 Å². The molecular weight excluding hydrogens is 546 g/mol. The van der Waals surface area contributed by atoms with Gasteiger partial charge in [0.05, 0.1) is 4.90 Å². The summed E-state index contributed by atoms with van der Waals surface area (Å²) in [6.45, 7) is 4.56. The third-order valence-electron chi connectivity index (χ3n) is 5.60. The third-order valence-corrected chi connectivity index (χ3v) is 7.21. The van der Waals surface area contributed by atoms with Crippen molar-refractivity contribution in [3.05, 3.63) is 114 Å². The number of benzene rings is 4. The number of aryl methyl sites for hydroxylation is 2. The lowest BCUT2D eigenvalue weighted by molar-refractivity contribution is 0.0977. The Labute approximate surface area is 239 Å². The number of sulfonamides is 1. The summed E-state index contributed by atoms with van der Waals surface area (Å²) in [7, 11) is -3.77. The van der Waals surface area contributed by atoms with Gasteiger partial charge in [-0.05, 0) is 110 Å². The highest BCUT2D eigenvalue weighted by Gasteiger charge is 2.15. The van der Waals surface area contributed by atoms with Gasteiger partial charge in [-0.3, -0.25) is 14.8 Å². The maximum atomic E-state index is 12.8. The Morgan fingerprint density at radius 2 is 1.32 bits per heavy atom. The number of para-hydroxylation sites is 1. The van der Waals surface area contributed by atoms with Crippen molar-refractivity contribution >= 4 is 44.6 Å². The Kier molecular flexibility index (Phi) is 9.36. The quantitative estimate of drug-likeness (QED) is 0.165. The van der Waals surface area contributed by atoms with Crippen molar-refractivity contribution in [2.45, 2.75) is 18.7 Å². The third kappa shape index (κ3) is 8.29. The van der Waals surface area contributed by atoms with Gasteiger partial charge in [-0.2, -0.15) is 0 Å². The van der Waals surface area contributed by atoms with Crippen molar-refractivity contribution in [1.82, 2.24) is 5.32 Å². The van der Waals surface area contributed by atoms with Gasteiger partial charge in [-0.15, -0.1) is 0 Å². The lowest BCUT2D eigenvalue weighted by Gasteiger charge is -2.12. The second kappa shape index (κ2) is 13.1. The van der Waals surface area contributed by atoms with E-state index >= 15 is 0 Å². The smallest absolute Gasteiger partial charge is 0.261 e. The number of hydrogen-bond donors (Lipinski definition) is 3. The minimum Gasteiger partial charge on any atom is -0.490 e. The first-order valence-electron chi connectivity index (χ1n) is 12.4. The van der Waals surface area contributed by atoms with Gasteiger partial charge in [0.25, 0.3) is 15.9 Å². The molecule has 0 saturated heterocycles. The average molecular weight is 576 g/mol. The Bertz CT molecular complexity index is 1550. The van der Waals surface area contributed by atoms with Crippen LogP contribution in [0.25, 0.3) is 0 Å². The van der Waals surface area contributed by atoms with Crippen LogP contribution in [0, 0.1) is 13.8 Å². The summed E-state index contributed by atoms with van der Waals surface area (Å²) in [4.78, 5) is 12.7. The molecule has 0 aromatic heterocycles. The van der Waals surface area contributed by atoms with Gasteiger partial charge in [0.15, 0.2) is 5.11 Å². The zero-order valence-corrected chi connectivity index (χ0v) is 23.6. The standard InChI is InChI=1S/C30H29N3O5S2/c1-21-18-22(2)20-25(19-21)33-40(35,36)28-14-10-24(11-15-28)31-30(39)32-29(34)23-8-12-27(13-9-23)38-17-16-37-26-6-4-3-5-7-26/h3-15,18-20,33H,16-17H2,1-2H3,(H2,31,32,34,39). The number of ether oxygens (including phenoxy) is 2. The fraction of sp³-hybridized carbons (Fsp3) is 0.133. The molecule has 0 spiro atoms. The van der Waals surface area contributed by atoms with Gasteiger partial charge >= 0.3 is 0 Å². The van der Waals surface area contributed by atoms with E-state index in [9.17, 15) is 13.2 Å². The summed E-state index contributed by atoms with van der Waals surface area (Å²) in [5, 5.41) is 5.58. The molecule has 206 valence electrons. The molecule has 4 aromatic rings. The van der Waals surface area contributed by atoms with E-state index in [-0.39, 0.29) is 10.0 Å². The van der Waals surface area contributed by atoms with Crippen LogP contribution in [0.3, 0.4) is 0 Å². The van der Waals surface area contributed by atoms with Crippen LogP contribution in [0.1, 0.15) is 21.5 Å². The molecule has 4 rings (SSSR count). The van der Waals surface area contributed by atoms with Crippen molar-refractivity contribution in [2.24, 2.45) is 0 Å². The number of hydrogen-bond acceptors (Lipinski definition) is 6. The topological polar surface area (TPSA) is 106 Å². The number of thiocarbonyl (C=S) groups is 1. The van der Waals surface area contributed by atoms with Crippen LogP contribution in [0.4, 0.5) is 11.4 Å². The fourth-order valence-corrected chi connectivity index (χ4v) is 5.09. The minimum atomic E-state index is -3.77.